The van der Waals surface area contributed by atoms with E-state index in [0.717, 1.165) is 40.6 Å². The lowest BCUT2D eigenvalue weighted by Gasteiger charge is -2.33. The zero-order valence-electron chi connectivity index (χ0n) is 22.6. The first-order chi connectivity index (χ1) is 18.2. The lowest BCUT2D eigenvalue weighted by Crippen LogP contribution is -2.45. The van der Waals surface area contributed by atoms with E-state index in [2.05, 4.69) is 9.55 Å². The predicted octanol–water partition coefficient (Wildman–Crippen LogP) is 5.49. The number of carboxylic acid groups (broad SMARTS) is 1. The summed E-state index contributed by atoms with van der Waals surface area (Å²) in [6.07, 6.45) is 1.24. The molecule has 0 aliphatic rings. The molecule has 0 saturated carbocycles. The second-order valence-electron chi connectivity index (χ2n) is 10.4. The first kappa shape index (κ1) is 27.2. The van der Waals surface area contributed by atoms with Gasteiger partial charge in [0.2, 0.25) is 0 Å². The lowest BCUT2D eigenvalue weighted by molar-refractivity contribution is 0.0988. The van der Waals surface area contributed by atoms with Crippen molar-refractivity contribution >= 4 is 33.8 Å². The summed E-state index contributed by atoms with van der Waals surface area (Å²) in [4.78, 5) is 22.7. The highest BCUT2D eigenvalue weighted by Crippen LogP contribution is 2.32. The Hall–Kier alpha value is -3.85. The number of aromatic nitrogens is 3. The van der Waals surface area contributed by atoms with Crippen molar-refractivity contribution < 1.29 is 19.4 Å². The summed E-state index contributed by atoms with van der Waals surface area (Å²) in [5.74, 6) is 1.96. The smallest absolute Gasteiger partial charge is 0.407 e. The van der Waals surface area contributed by atoms with Crippen LogP contribution in [0.4, 0.5) is 10.6 Å². The van der Waals surface area contributed by atoms with Crippen molar-refractivity contribution in [3.63, 3.8) is 0 Å². The van der Waals surface area contributed by atoms with E-state index in [1.807, 2.05) is 69.3 Å². The number of carbonyl (C=O) groups is 1. The molecular weight excluding hydrogens is 482 g/mol. The van der Waals surface area contributed by atoms with Gasteiger partial charge in [-0.15, -0.1) is 0 Å². The molecule has 2 aromatic heterocycles. The summed E-state index contributed by atoms with van der Waals surface area (Å²) < 4.78 is 13.5. The van der Waals surface area contributed by atoms with E-state index in [1.54, 1.807) is 7.11 Å². The number of methoxy groups -OCH3 is 1. The van der Waals surface area contributed by atoms with E-state index in [-0.39, 0.29) is 0 Å². The molecule has 202 valence electrons. The molecule has 0 radical (unpaired) electrons. The number of pyridine rings is 1. The van der Waals surface area contributed by atoms with Crippen LogP contribution in [0.15, 0.2) is 48.5 Å². The van der Waals surface area contributed by atoms with Crippen molar-refractivity contribution in [3.05, 3.63) is 59.9 Å². The summed E-state index contributed by atoms with van der Waals surface area (Å²) in [7, 11) is 1.67. The fourth-order valence-electron chi connectivity index (χ4n) is 4.65. The molecule has 1 amide bonds. The third-order valence-corrected chi connectivity index (χ3v) is 6.59. The highest BCUT2D eigenvalue weighted by molar-refractivity contribution is 6.06. The summed E-state index contributed by atoms with van der Waals surface area (Å²) >= 11 is 0. The van der Waals surface area contributed by atoms with Gasteiger partial charge in [0.1, 0.15) is 23.7 Å². The molecule has 3 N–H and O–H groups in total. The Kier molecular flexibility index (Phi) is 8.36. The van der Waals surface area contributed by atoms with Crippen molar-refractivity contribution in [2.75, 3.05) is 26.0 Å². The maximum Gasteiger partial charge on any atom is 0.407 e. The molecule has 2 aromatic carbocycles. The number of unbranched alkanes of at least 4 members (excludes halogenated alkanes) is 1. The largest absolute Gasteiger partial charge is 0.489 e. The number of benzene rings is 2. The average molecular weight is 520 g/mol. The summed E-state index contributed by atoms with van der Waals surface area (Å²) in [5, 5.41) is 10.6. The second-order valence-corrected chi connectivity index (χ2v) is 10.4. The molecular formula is C29H37N5O4. The number of nitrogen functional groups attached to an aromatic ring is 1. The van der Waals surface area contributed by atoms with E-state index in [9.17, 15) is 9.90 Å². The van der Waals surface area contributed by atoms with Gasteiger partial charge >= 0.3 is 6.09 Å². The number of hydrogen-bond acceptors (Lipinski definition) is 6. The highest BCUT2D eigenvalue weighted by Gasteiger charge is 2.25. The van der Waals surface area contributed by atoms with Gasteiger partial charge in [-0.2, -0.15) is 0 Å². The number of aryl methyl sites for hydroxylation is 1. The first-order valence-corrected chi connectivity index (χ1v) is 12.9. The Morgan fingerprint density at radius 3 is 2.55 bits per heavy atom. The monoisotopic (exact) mass is 519 g/mol. The Labute approximate surface area is 223 Å². The zero-order valence-corrected chi connectivity index (χ0v) is 22.6. The van der Waals surface area contributed by atoms with Crippen LogP contribution in [0.25, 0.3) is 21.9 Å². The molecule has 0 aliphatic carbocycles. The van der Waals surface area contributed by atoms with Crippen LogP contribution in [0.5, 0.6) is 5.75 Å². The Morgan fingerprint density at radius 1 is 1.11 bits per heavy atom. The van der Waals surface area contributed by atoms with Gasteiger partial charge in [-0.1, -0.05) is 30.3 Å². The second kappa shape index (κ2) is 11.7. The minimum atomic E-state index is -0.901. The number of rotatable bonds is 11. The fraction of sp³-hybridized carbons (Fsp3) is 0.414. The van der Waals surface area contributed by atoms with Crippen LogP contribution in [0.2, 0.25) is 0 Å². The molecule has 2 heterocycles. The van der Waals surface area contributed by atoms with Crippen LogP contribution >= 0.6 is 0 Å². The minimum Gasteiger partial charge on any atom is -0.489 e. The van der Waals surface area contributed by atoms with E-state index in [0.29, 0.717) is 49.8 Å². The SMILES string of the molecule is COCCc1nc2c(N)nc3cc(OCc4ccccc4)ccc3c2n1CCCCN(C(=O)O)C(C)(C)C. The number of imidazole rings is 1. The number of nitrogens with zero attached hydrogens (tertiary/aromatic N) is 4. The number of ether oxygens (including phenoxy) is 2. The quantitative estimate of drug-likeness (QED) is 0.252. The van der Waals surface area contributed by atoms with Gasteiger partial charge in [0, 0.05) is 43.6 Å². The molecule has 9 nitrogen and oxygen atoms in total. The molecule has 0 bridgehead atoms. The number of fused-ring (bicyclic) bond motifs is 3. The van der Waals surface area contributed by atoms with Crippen LogP contribution in [0.1, 0.15) is 45.0 Å². The number of nitrogens with two attached hydrogens (primary N) is 1. The topological polar surface area (TPSA) is 116 Å². The Morgan fingerprint density at radius 2 is 1.87 bits per heavy atom. The van der Waals surface area contributed by atoms with E-state index >= 15 is 0 Å². The molecule has 0 atom stereocenters. The fourth-order valence-corrected chi connectivity index (χ4v) is 4.65. The predicted molar refractivity (Wildman–Crippen MR) is 150 cm³/mol. The third-order valence-electron chi connectivity index (χ3n) is 6.59. The molecule has 4 rings (SSSR count). The van der Waals surface area contributed by atoms with Gasteiger partial charge in [0.15, 0.2) is 5.82 Å². The molecule has 9 heteroatoms. The maximum atomic E-state index is 11.7. The first-order valence-electron chi connectivity index (χ1n) is 12.9. The number of amides is 1. The Balaban J connectivity index is 1.62. The average Bonchev–Trinajstić information content (AvgIpc) is 3.24. The molecule has 0 fully saturated rings. The van der Waals surface area contributed by atoms with Crippen LogP contribution < -0.4 is 10.5 Å². The van der Waals surface area contributed by atoms with Gasteiger partial charge in [0.25, 0.3) is 0 Å². The molecule has 0 saturated heterocycles. The maximum absolute atomic E-state index is 11.7. The van der Waals surface area contributed by atoms with Crippen molar-refractivity contribution in [3.8, 4) is 5.75 Å². The van der Waals surface area contributed by atoms with Gasteiger partial charge in [0.05, 0.1) is 17.6 Å². The number of anilines is 1. The summed E-state index contributed by atoms with van der Waals surface area (Å²) in [6, 6.07) is 15.9. The third kappa shape index (κ3) is 6.16. The van der Waals surface area contributed by atoms with Gasteiger partial charge in [-0.05, 0) is 51.3 Å². The van der Waals surface area contributed by atoms with Crippen LogP contribution in [0, 0.1) is 0 Å². The molecule has 0 spiro atoms. The highest BCUT2D eigenvalue weighted by atomic mass is 16.5. The minimum absolute atomic E-state index is 0.370. The molecule has 0 aliphatic heterocycles. The van der Waals surface area contributed by atoms with Crippen molar-refractivity contribution in [1.82, 2.24) is 19.4 Å². The number of hydrogen-bond donors (Lipinski definition) is 2. The van der Waals surface area contributed by atoms with Crippen molar-refractivity contribution in [1.29, 1.82) is 0 Å². The van der Waals surface area contributed by atoms with E-state index in [4.69, 9.17) is 20.2 Å². The van der Waals surface area contributed by atoms with Crippen molar-refractivity contribution in [2.45, 2.75) is 58.7 Å². The summed E-state index contributed by atoms with van der Waals surface area (Å²) in [5.41, 5.74) is 9.37. The standard InChI is InChI=1S/C29H37N5O4/c1-29(2,3)34(28(35)36)16-9-8-15-33-24(14-17-37-4)32-25-26(33)22-13-12-21(18-23(22)31-27(25)30)38-19-20-10-6-5-7-11-20/h5-7,10-13,18H,8-9,14-17,19H2,1-4H3,(H2,30,31)(H,35,36). The van der Waals surface area contributed by atoms with E-state index in [1.165, 1.54) is 4.90 Å². The zero-order chi connectivity index (χ0) is 27.3. The molecule has 4 aromatic rings. The van der Waals surface area contributed by atoms with Gasteiger partial charge < -0.3 is 29.8 Å². The lowest BCUT2D eigenvalue weighted by atomic mass is 10.1. The van der Waals surface area contributed by atoms with Crippen LogP contribution in [0.3, 0.4) is 0 Å². The van der Waals surface area contributed by atoms with Crippen LogP contribution in [-0.4, -0.2) is 56.4 Å². The summed E-state index contributed by atoms with van der Waals surface area (Å²) in [6.45, 7) is 7.87. The Bertz CT molecular complexity index is 1400. The normalized spacial score (nSPS) is 11.8. The van der Waals surface area contributed by atoms with Crippen molar-refractivity contribution in [2.24, 2.45) is 0 Å². The molecule has 0 unspecified atom stereocenters. The van der Waals surface area contributed by atoms with Gasteiger partial charge in [-0.3, -0.25) is 0 Å². The van der Waals surface area contributed by atoms with E-state index < -0.39 is 11.6 Å². The van der Waals surface area contributed by atoms with Crippen LogP contribution in [-0.2, 0) is 24.3 Å². The molecule has 38 heavy (non-hydrogen) atoms. The van der Waals surface area contributed by atoms with Gasteiger partial charge in [-0.25, -0.2) is 14.8 Å².